The van der Waals surface area contributed by atoms with Crippen LogP contribution < -0.4 is 19.7 Å². The van der Waals surface area contributed by atoms with Gasteiger partial charge in [0.2, 0.25) is 5.91 Å². The van der Waals surface area contributed by atoms with Crippen LogP contribution in [0.2, 0.25) is 0 Å². The molecule has 34 heavy (non-hydrogen) atoms. The lowest BCUT2D eigenvalue weighted by Crippen LogP contribution is -2.40. The predicted molar refractivity (Wildman–Crippen MR) is 131 cm³/mol. The Bertz CT molecular complexity index is 1320. The van der Waals surface area contributed by atoms with E-state index < -0.39 is 10.0 Å². The first-order valence-electron chi connectivity index (χ1n) is 10.8. The second-order valence-corrected chi connectivity index (χ2v) is 9.68. The summed E-state index contributed by atoms with van der Waals surface area (Å²) >= 11 is 0. The number of hydrogen-bond donors (Lipinski definition) is 2. The number of fused-ring (bicyclic) bond motifs is 1. The maximum Gasteiger partial charge on any atom is 0.265 e. The average molecular weight is 480 g/mol. The zero-order valence-electron chi connectivity index (χ0n) is 18.9. The first kappa shape index (κ1) is 23.3. The van der Waals surface area contributed by atoms with Gasteiger partial charge in [-0.3, -0.25) is 14.3 Å². The molecule has 0 atom stereocenters. The van der Waals surface area contributed by atoms with Gasteiger partial charge in [0.15, 0.2) is 6.61 Å². The van der Waals surface area contributed by atoms with E-state index in [0.29, 0.717) is 22.8 Å². The number of nitrogens with zero attached hydrogens (tertiary/aromatic N) is 1. The number of ether oxygens (including phenoxy) is 1. The van der Waals surface area contributed by atoms with Gasteiger partial charge in [0, 0.05) is 18.7 Å². The molecule has 2 amide bonds. The average Bonchev–Trinajstić information content (AvgIpc) is 2.81. The topological polar surface area (TPSA) is 105 Å². The number of carbonyl (C=O) groups is 2. The summed E-state index contributed by atoms with van der Waals surface area (Å²) in [5.74, 6) is 0.104. The van der Waals surface area contributed by atoms with Crippen molar-refractivity contribution in [1.29, 1.82) is 0 Å². The van der Waals surface area contributed by atoms with Crippen LogP contribution in [0.1, 0.15) is 17.5 Å². The number of carbonyl (C=O) groups excluding carboxylic acids is 2. The van der Waals surface area contributed by atoms with Crippen molar-refractivity contribution in [2.24, 2.45) is 0 Å². The summed E-state index contributed by atoms with van der Waals surface area (Å²) in [6, 6.07) is 18.7. The molecule has 0 saturated heterocycles. The summed E-state index contributed by atoms with van der Waals surface area (Å²) < 4.78 is 33.7. The molecule has 0 radical (unpaired) electrons. The molecule has 176 valence electrons. The Morgan fingerprint density at radius 2 is 1.65 bits per heavy atom. The third-order valence-electron chi connectivity index (χ3n) is 5.54. The fourth-order valence-corrected chi connectivity index (χ4v) is 4.93. The standard InChI is InChI=1S/C25H25N3O5S/c1-17-6-5-7-18(2)25(17)27-34(31,32)20-12-10-19(11-13-20)26-23(29)14-15-28-21-8-3-4-9-22(21)33-16-24(28)30/h3-13,27H,14-16H2,1-2H3,(H,26,29). The van der Waals surface area contributed by atoms with E-state index in [1.165, 1.54) is 29.2 Å². The van der Waals surface area contributed by atoms with Crippen LogP contribution in [0, 0.1) is 13.8 Å². The van der Waals surface area contributed by atoms with Crippen LogP contribution in [0.15, 0.2) is 71.6 Å². The molecule has 3 aromatic rings. The molecule has 0 saturated carbocycles. The Labute approximate surface area is 198 Å². The lowest BCUT2D eigenvalue weighted by atomic mass is 10.1. The van der Waals surface area contributed by atoms with E-state index in [9.17, 15) is 18.0 Å². The molecule has 0 fully saturated rings. The number of aryl methyl sites for hydroxylation is 2. The molecule has 0 aliphatic carbocycles. The van der Waals surface area contributed by atoms with Crippen molar-refractivity contribution in [2.45, 2.75) is 25.2 Å². The normalized spacial score (nSPS) is 13.1. The highest BCUT2D eigenvalue weighted by Gasteiger charge is 2.25. The first-order chi connectivity index (χ1) is 16.2. The molecule has 2 N–H and O–H groups in total. The maximum absolute atomic E-state index is 12.8. The summed E-state index contributed by atoms with van der Waals surface area (Å²) in [6.07, 6.45) is 0.0776. The number of rotatable bonds is 7. The van der Waals surface area contributed by atoms with Crippen molar-refractivity contribution in [2.75, 3.05) is 28.1 Å². The number of anilines is 3. The molecule has 8 nitrogen and oxygen atoms in total. The third kappa shape index (κ3) is 5.04. The van der Waals surface area contributed by atoms with Gasteiger partial charge in [-0.1, -0.05) is 30.3 Å². The van der Waals surface area contributed by atoms with Crippen molar-refractivity contribution in [3.63, 3.8) is 0 Å². The Hall–Kier alpha value is -3.85. The van der Waals surface area contributed by atoms with Gasteiger partial charge < -0.3 is 15.0 Å². The van der Waals surface area contributed by atoms with Gasteiger partial charge in [-0.25, -0.2) is 8.42 Å². The minimum atomic E-state index is -3.78. The predicted octanol–water partition coefficient (Wildman–Crippen LogP) is 3.86. The van der Waals surface area contributed by atoms with Gasteiger partial charge in [-0.15, -0.1) is 0 Å². The van der Waals surface area contributed by atoms with Gasteiger partial charge in [0.25, 0.3) is 15.9 Å². The quantitative estimate of drug-likeness (QED) is 0.536. The molecule has 0 bridgehead atoms. The fourth-order valence-electron chi connectivity index (χ4n) is 3.72. The number of hydrogen-bond acceptors (Lipinski definition) is 5. The molecule has 1 aliphatic heterocycles. The Balaban J connectivity index is 1.38. The van der Waals surface area contributed by atoms with Gasteiger partial charge in [-0.05, 0) is 61.4 Å². The summed E-state index contributed by atoms with van der Waals surface area (Å²) in [4.78, 5) is 26.3. The zero-order chi connectivity index (χ0) is 24.3. The lowest BCUT2D eigenvalue weighted by Gasteiger charge is -2.29. The van der Waals surface area contributed by atoms with Crippen LogP contribution in [0.4, 0.5) is 17.1 Å². The van der Waals surface area contributed by atoms with Crippen molar-refractivity contribution >= 4 is 38.9 Å². The minimum Gasteiger partial charge on any atom is -0.482 e. The molecule has 1 heterocycles. The Morgan fingerprint density at radius 3 is 2.35 bits per heavy atom. The molecule has 4 rings (SSSR count). The maximum atomic E-state index is 12.8. The largest absolute Gasteiger partial charge is 0.482 e. The van der Waals surface area contributed by atoms with E-state index in [0.717, 1.165) is 11.1 Å². The number of nitrogens with one attached hydrogen (secondary N) is 2. The Kier molecular flexibility index (Phi) is 6.56. The van der Waals surface area contributed by atoms with Crippen LogP contribution in [0.5, 0.6) is 5.75 Å². The van der Waals surface area contributed by atoms with Crippen molar-refractivity contribution in [3.8, 4) is 5.75 Å². The molecule has 3 aromatic carbocycles. The van der Waals surface area contributed by atoms with E-state index >= 15 is 0 Å². The van der Waals surface area contributed by atoms with E-state index in [1.54, 1.807) is 18.2 Å². The van der Waals surface area contributed by atoms with Gasteiger partial charge in [-0.2, -0.15) is 0 Å². The molecular weight excluding hydrogens is 454 g/mol. The molecule has 9 heteroatoms. The number of para-hydroxylation sites is 3. The SMILES string of the molecule is Cc1cccc(C)c1NS(=O)(=O)c1ccc(NC(=O)CCN2C(=O)COc3ccccc32)cc1. The van der Waals surface area contributed by atoms with E-state index in [4.69, 9.17) is 4.74 Å². The molecule has 1 aliphatic rings. The fraction of sp³-hybridized carbons (Fsp3) is 0.200. The molecule has 0 aromatic heterocycles. The van der Waals surface area contributed by atoms with Crippen molar-refractivity contribution in [1.82, 2.24) is 0 Å². The highest BCUT2D eigenvalue weighted by molar-refractivity contribution is 7.92. The van der Waals surface area contributed by atoms with Gasteiger partial charge in [0.05, 0.1) is 16.3 Å². The highest BCUT2D eigenvalue weighted by Crippen LogP contribution is 2.31. The lowest BCUT2D eigenvalue weighted by molar-refractivity contribution is -0.121. The second-order valence-electron chi connectivity index (χ2n) is 8.00. The second kappa shape index (κ2) is 9.56. The van der Waals surface area contributed by atoms with E-state index in [1.807, 2.05) is 38.1 Å². The van der Waals surface area contributed by atoms with E-state index in [-0.39, 0.29) is 36.3 Å². The summed E-state index contributed by atoms with van der Waals surface area (Å²) in [6.45, 7) is 3.82. The van der Waals surface area contributed by atoms with Crippen LogP contribution in [0.25, 0.3) is 0 Å². The number of sulfonamides is 1. The smallest absolute Gasteiger partial charge is 0.265 e. The highest BCUT2D eigenvalue weighted by atomic mass is 32.2. The van der Waals surface area contributed by atoms with Crippen molar-refractivity contribution < 1.29 is 22.7 Å². The minimum absolute atomic E-state index is 0.0648. The third-order valence-corrected chi connectivity index (χ3v) is 6.90. The van der Waals surface area contributed by atoms with Gasteiger partial charge >= 0.3 is 0 Å². The molecule has 0 unspecified atom stereocenters. The van der Waals surface area contributed by atoms with E-state index in [2.05, 4.69) is 10.0 Å². The van der Waals surface area contributed by atoms with Crippen LogP contribution in [0.3, 0.4) is 0 Å². The summed E-state index contributed by atoms with van der Waals surface area (Å²) in [5, 5.41) is 2.74. The van der Waals surface area contributed by atoms with Gasteiger partial charge in [0.1, 0.15) is 5.75 Å². The first-order valence-corrected chi connectivity index (χ1v) is 12.2. The number of benzene rings is 3. The number of amides is 2. The van der Waals surface area contributed by atoms with Crippen LogP contribution in [-0.4, -0.2) is 33.4 Å². The molecular formula is C25H25N3O5S. The van der Waals surface area contributed by atoms with Crippen molar-refractivity contribution in [3.05, 3.63) is 77.9 Å². The zero-order valence-corrected chi connectivity index (χ0v) is 19.7. The van der Waals surface area contributed by atoms with Crippen LogP contribution >= 0.6 is 0 Å². The summed E-state index contributed by atoms with van der Waals surface area (Å²) in [7, 11) is -3.78. The Morgan fingerprint density at radius 1 is 0.971 bits per heavy atom. The monoisotopic (exact) mass is 479 g/mol. The summed E-state index contributed by atoms with van der Waals surface area (Å²) in [5.41, 5.74) is 3.31. The van der Waals surface area contributed by atoms with Crippen LogP contribution in [-0.2, 0) is 19.6 Å². The molecule has 0 spiro atoms.